The number of carbonyl (C=O) groups is 1. The van der Waals surface area contributed by atoms with Gasteiger partial charge in [-0.05, 0) is 63.5 Å². The van der Waals surface area contributed by atoms with E-state index in [1.165, 1.54) is 0 Å². The number of nitrogens with two attached hydrogens (primary N) is 1. The number of aromatic nitrogens is 4. The van der Waals surface area contributed by atoms with Crippen molar-refractivity contribution in [3.63, 3.8) is 0 Å². The van der Waals surface area contributed by atoms with Crippen LogP contribution in [0.15, 0.2) is 18.3 Å². The summed E-state index contributed by atoms with van der Waals surface area (Å²) in [6, 6.07) is 1.95. The number of anilines is 3. The molecule has 2 aromatic heterocycles. The number of hydrogen-bond donors (Lipinski definition) is 4. The van der Waals surface area contributed by atoms with Crippen LogP contribution in [0.5, 0.6) is 0 Å². The number of imidazole rings is 1. The summed E-state index contributed by atoms with van der Waals surface area (Å²) in [6.07, 6.45) is 6.73. The molecule has 2 saturated carbocycles. The molecule has 1 amide bonds. The van der Waals surface area contributed by atoms with Crippen molar-refractivity contribution in [1.82, 2.24) is 19.5 Å². The Kier molecular flexibility index (Phi) is 6.93. The van der Waals surface area contributed by atoms with E-state index in [2.05, 4.69) is 20.6 Å². The van der Waals surface area contributed by atoms with Gasteiger partial charge in [-0.15, -0.1) is 0 Å². The Hall–Kier alpha value is -3.05. The summed E-state index contributed by atoms with van der Waals surface area (Å²) in [5.41, 5.74) is 5.61. The third-order valence-electron chi connectivity index (χ3n) is 7.67. The van der Waals surface area contributed by atoms with E-state index in [-0.39, 0.29) is 40.8 Å². The number of fused-ring (bicyclic) bond motifs is 1. The molecule has 0 saturated heterocycles. The minimum atomic E-state index is -0.849. The van der Waals surface area contributed by atoms with Crippen LogP contribution in [-0.2, 0) is 4.79 Å². The molecular formula is C25H30ClF2N7O2. The Morgan fingerprint density at radius 1 is 1.19 bits per heavy atom. The Bertz CT molecular complexity index is 1300. The Labute approximate surface area is 217 Å². The van der Waals surface area contributed by atoms with Gasteiger partial charge in [0.05, 0.1) is 12.3 Å². The highest BCUT2D eigenvalue weighted by molar-refractivity contribution is 6.30. The minimum absolute atomic E-state index is 0.0402. The zero-order valence-electron chi connectivity index (χ0n) is 20.5. The van der Waals surface area contributed by atoms with Gasteiger partial charge in [0.25, 0.3) is 0 Å². The standard InChI is InChI=1S/C25H30ClF2N7O2/c1-25(22(29)37)7-5-15(6-8-25)35-21-19(12-30-23(34-21)31-14-3-2-4-16(36)11-14)32-24(35)33-20-17(27)9-13(26)10-18(20)28/h9-10,12,14-16,36H,2-8,11H2,1H3,(H2,29,37)(H,32,33)(H,30,31,34)/t14-,15?,16+,25?/m0/s1. The number of nitrogens with one attached hydrogen (secondary N) is 2. The number of nitrogens with zero attached hydrogens (tertiary/aromatic N) is 4. The van der Waals surface area contributed by atoms with Gasteiger partial charge in [-0.3, -0.25) is 9.36 Å². The van der Waals surface area contributed by atoms with E-state index in [9.17, 15) is 18.7 Å². The van der Waals surface area contributed by atoms with Crippen molar-refractivity contribution in [2.24, 2.45) is 11.1 Å². The van der Waals surface area contributed by atoms with Gasteiger partial charge in [0.1, 0.15) is 11.2 Å². The molecule has 1 aromatic carbocycles. The zero-order valence-corrected chi connectivity index (χ0v) is 21.2. The predicted molar refractivity (Wildman–Crippen MR) is 137 cm³/mol. The first-order chi connectivity index (χ1) is 17.6. The summed E-state index contributed by atoms with van der Waals surface area (Å²) in [6.45, 7) is 1.86. The molecule has 2 aliphatic carbocycles. The summed E-state index contributed by atoms with van der Waals surface area (Å²) >= 11 is 5.79. The molecule has 12 heteroatoms. The van der Waals surface area contributed by atoms with Crippen LogP contribution >= 0.6 is 11.6 Å². The fraction of sp³-hybridized carbons (Fsp3) is 0.520. The van der Waals surface area contributed by atoms with Crippen molar-refractivity contribution in [1.29, 1.82) is 0 Å². The van der Waals surface area contributed by atoms with Crippen LogP contribution in [0, 0.1) is 17.0 Å². The van der Waals surface area contributed by atoms with E-state index in [4.69, 9.17) is 22.3 Å². The molecule has 3 aromatic rings. The number of benzene rings is 1. The first-order valence-electron chi connectivity index (χ1n) is 12.5. The SMILES string of the molecule is CC1(C(N)=O)CCC(n2c(Nc3c(F)cc(Cl)cc3F)nc3cnc(N[C@H]4CCC[C@@H](O)C4)nc32)CC1. The minimum Gasteiger partial charge on any atom is -0.393 e. The summed E-state index contributed by atoms with van der Waals surface area (Å²) in [7, 11) is 0. The topological polar surface area (TPSA) is 131 Å². The van der Waals surface area contributed by atoms with Crippen molar-refractivity contribution in [3.8, 4) is 0 Å². The largest absolute Gasteiger partial charge is 0.393 e. The first-order valence-corrected chi connectivity index (χ1v) is 12.9. The Morgan fingerprint density at radius 3 is 2.54 bits per heavy atom. The highest BCUT2D eigenvalue weighted by Crippen LogP contribution is 2.43. The molecule has 2 atom stereocenters. The van der Waals surface area contributed by atoms with Crippen LogP contribution in [0.1, 0.15) is 64.3 Å². The van der Waals surface area contributed by atoms with Crippen molar-refractivity contribution < 1.29 is 18.7 Å². The van der Waals surface area contributed by atoms with E-state index in [0.717, 1.165) is 31.4 Å². The Morgan fingerprint density at radius 2 is 1.89 bits per heavy atom. The molecule has 5 rings (SSSR count). The molecule has 0 unspecified atom stereocenters. The van der Waals surface area contributed by atoms with E-state index >= 15 is 0 Å². The van der Waals surface area contributed by atoms with Gasteiger partial charge in [0.15, 0.2) is 17.3 Å². The summed E-state index contributed by atoms with van der Waals surface area (Å²) < 4.78 is 31.1. The van der Waals surface area contributed by atoms with E-state index < -0.39 is 17.0 Å². The molecule has 0 aliphatic heterocycles. The molecule has 2 aliphatic rings. The molecule has 9 nitrogen and oxygen atoms in total. The molecule has 2 fully saturated rings. The molecule has 0 radical (unpaired) electrons. The van der Waals surface area contributed by atoms with Crippen LogP contribution in [-0.4, -0.2) is 42.7 Å². The lowest BCUT2D eigenvalue weighted by Gasteiger charge is -2.35. The fourth-order valence-electron chi connectivity index (χ4n) is 5.39. The van der Waals surface area contributed by atoms with Crippen LogP contribution in [0.4, 0.5) is 26.4 Å². The van der Waals surface area contributed by atoms with E-state index in [0.29, 0.717) is 49.2 Å². The number of aliphatic hydroxyl groups is 1. The van der Waals surface area contributed by atoms with Gasteiger partial charge in [-0.2, -0.15) is 4.98 Å². The number of aliphatic hydroxyl groups excluding tert-OH is 1. The lowest BCUT2D eigenvalue weighted by molar-refractivity contribution is -0.128. The number of halogens is 3. The lowest BCUT2D eigenvalue weighted by atomic mass is 9.73. The summed E-state index contributed by atoms with van der Waals surface area (Å²) in [5, 5.41) is 16.1. The van der Waals surface area contributed by atoms with Crippen molar-refractivity contribution >= 4 is 46.3 Å². The molecule has 37 heavy (non-hydrogen) atoms. The normalized spacial score (nSPS) is 26.2. The molecule has 0 bridgehead atoms. The maximum Gasteiger partial charge on any atom is 0.224 e. The number of carbonyl (C=O) groups excluding carboxylic acids is 1. The summed E-state index contributed by atoms with van der Waals surface area (Å²) in [5.74, 6) is -1.44. The van der Waals surface area contributed by atoms with Crippen molar-refractivity contribution in [2.45, 2.75) is 76.5 Å². The predicted octanol–water partition coefficient (Wildman–Crippen LogP) is 4.82. The van der Waals surface area contributed by atoms with Gasteiger partial charge < -0.3 is 21.5 Å². The van der Waals surface area contributed by atoms with Gasteiger partial charge in [0, 0.05) is 22.5 Å². The number of rotatable bonds is 6. The van der Waals surface area contributed by atoms with Crippen LogP contribution in [0.2, 0.25) is 5.02 Å². The van der Waals surface area contributed by atoms with Gasteiger partial charge in [-0.25, -0.2) is 18.7 Å². The molecular weight excluding hydrogens is 504 g/mol. The van der Waals surface area contributed by atoms with E-state index in [1.54, 1.807) is 6.20 Å². The second kappa shape index (κ2) is 10.0. The second-order valence-corrected chi connectivity index (χ2v) is 10.8. The lowest BCUT2D eigenvalue weighted by Crippen LogP contribution is -2.38. The molecule has 2 heterocycles. The average molecular weight is 534 g/mol. The first kappa shape index (κ1) is 25.6. The smallest absolute Gasteiger partial charge is 0.224 e. The van der Waals surface area contributed by atoms with E-state index in [1.807, 2.05) is 11.5 Å². The molecule has 198 valence electrons. The molecule has 5 N–H and O–H groups in total. The number of primary amides is 1. The maximum atomic E-state index is 14.6. The Balaban J connectivity index is 1.52. The monoisotopic (exact) mass is 533 g/mol. The van der Waals surface area contributed by atoms with Crippen LogP contribution < -0.4 is 16.4 Å². The van der Waals surface area contributed by atoms with Gasteiger partial charge in [-0.1, -0.05) is 18.5 Å². The van der Waals surface area contributed by atoms with Gasteiger partial charge >= 0.3 is 0 Å². The highest BCUT2D eigenvalue weighted by atomic mass is 35.5. The number of hydrogen-bond acceptors (Lipinski definition) is 7. The summed E-state index contributed by atoms with van der Waals surface area (Å²) in [4.78, 5) is 25.7. The van der Waals surface area contributed by atoms with Crippen LogP contribution in [0.3, 0.4) is 0 Å². The zero-order chi connectivity index (χ0) is 26.3. The number of amides is 1. The fourth-order valence-corrected chi connectivity index (χ4v) is 5.58. The highest BCUT2D eigenvalue weighted by Gasteiger charge is 2.38. The third-order valence-corrected chi connectivity index (χ3v) is 7.89. The maximum absolute atomic E-state index is 14.6. The van der Waals surface area contributed by atoms with Gasteiger partial charge in [0.2, 0.25) is 17.8 Å². The van der Waals surface area contributed by atoms with Crippen molar-refractivity contribution in [3.05, 3.63) is 35.0 Å². The quantitative estimate of drug-likeness (QED) is 0.357. The van der Waals surface area contributed by atoms with Crippen LogP contribution in [0.25, 0.3) is 11.2 Å². The third kappa shape index (κ3) is 5.19. The molecule has 0 spiro atoms. The average Bonchev–Trinajstić information content (AvgIpc) is 3.19. The second-order valence-electron chi connectivity index (χ2n) is 10.4. The van der Waals surface area contributed by atoms with Crippen molar-refractivity contribution in [2.75, 3.05) is 10.6 Å².